The Morgan fingerprint density at radius 1 is 1.22 bits per heavy atom. The maximum Gasteiger partial charge on any atom is 0.139 e. The molecule has 0 aliphatic carbocycles. The summed E-state index contributed by atoms with van der Waals surface area (Å²) >= 11 is 0. The van der Waals surface area contributed by atoms with Gasteiger partial charge in [0.1, 0.15) is 7.85 Å². The third-order valence-electron chi connectivity index (χ3n) is 0.876. The largest absolute Gasteiger partial charge is 0.139 e. The zero-order valence-corrected chi connectivity index (χ0v) is 5.80. The highest BCUT2D eigenvalue weighted by molar-refractivity contribution is 6.23. The minimum atomic E-state index is 1.19. The van der Waals surface area contributed by atoms with Crippen LogP contribution in [0.3, 0.4) is 0 Å². The van der Waals surface area contributed by atoms with Crippen molar-refractivity contribution in [1.29, 1.82) is 0 Å². The van der Waals surface area contributed by atoms with Gasteiger partial charge in [0, 0.05) is 0 Å². The average Bonchev–Trinajstić information content (AvgIpc) is 1.85. The molecule has 1 heteroatoms. The lowest BCUT2D eigenvalue weighted by Crippen LogP contribution is -1.70. The van der Waals surface area contributed by atoms with E-state index in [2.05, 4.69) is 13.2 Å². The van der Waals surface area contributed by atoms with Crippen LogP contribution in [0.5, 0.6) is 0 Å². The van der Waals surface area contributed by atoms with Gasteiger partial charge in [0.15, 0.2) is 0 Å². The van der Waals surface area contributed by atoms with Crippen molar-refractivity contribution in [2.45, 2.75) is 0 Å². The Bertz CT molecular complexity index is 152. The summed E-state index contributed by atoms with van der Waals surface area (Å²) in [6.45, 7) is 7.13. The predicted molar refractivity (Wildman–Crippen MR) is 46.2 cm³/mol. The third kappa shape index (κ3) is 4.89. The molecule has 0 heterocycles. The number of hydrogen-bond donors (Lipinski definition) is 0. The normalized spacial score (nSPS) is 11.8. The Morgan fingerprint density at radius 2 is 1.89 bits per heavy atom. The second kappa shape index (κ2) is 5.17. The fraction of sp³-hybridized carbons (Fsp3) is 0. The molecule has 0 aromatic heterocycles. The minimum Gasteiger partial charge on any atom is -0.0991 e. The van der Waals surface area contributed by atoms with Crippen molar-refractivity contribution in [1.82, 2.24) is 0 Å². The molecule has 0 fully saturated rings. The molecule has 0 atom stereocenters. The summed E-state index contributed by atoms with van der Waals surface area (Å²) < 4.78 is 0. The van der Waals surface area contributed by atoms with E-state index in [1.165, 1.54) is 5.47 Å². The first-order valence-corrected chi connectivity index (χ1v) is 2.89. The van der Waals surface area contributed by atoms with Crippen LogP contribution in [0.1, 0.15) is 0 Å². The van der Waals surface area contributed by atoms with Crippen molar-refractivity contribution in [2.24, 2.45) is 0 Å². The number of rotatable bonds is 3. The Labute approximate surface area is 57.7 Å². The number of allylic oxidation sites excluding steroid dienone is 6. The van der Waals surface area contributed by atoms with E-state index in [-0.39, 0.29) is 0 Å². The summed E-state index contributed by atoms with van der Waals surface area (Å²) in [6.07, 6.45) is 9.34. The minimum absolute atomic E-state index is 1.19. The van der Waals surface area contributed by atoms with Crippen molar-refractivity contribution in [3.05, 3.63) is 49.0 Å². The molecule has 0 rings (SSSR count). The molecule has 46 valence electrons. The van der Waals surface area contributed by atoms with Crippen LogP contribution in [0.25, 0.3) is 0 Å². The zero-order valence-electron chi connectivity index (χ0n) is 5.80. The van der Waals surface area contributed by atoms with E-state index >= 15 is 0 Å². The molecule has 0 aliphatic rings. The molecule has 0 bridgehead atoms. The third-order valence-corrected chi connectivity index (χ3v) is 0.876. The van der Waals surface area contributed by atoms with Gasteiger partial charge in [-0.3, -0.25) is 0 Å². The second-order valence-corrected chi connectivity index (χ2v) is 1.74. The van der Waals surface area contributed by atoms with E-state index in [4.69, 9.17) is 0 Å². The van der Waals surface area contributed by atoms with Gasteiger partial charge in [-0.1, -0.05) is 49.0 Å². The van der Waals surface area contributed by atoms with Crippen molar-refractivity contribution in [3.8, 4) is 0 Å². The van der Waals surface area contributed by atoms with E-state index in [0.717, 1.165) is 0 Å². The summed E-state index contributed by atoms with van der Waals surface area (Å²) in [5.74, 6) is 0. The van der Waals surface area contributed by atoms with Crippen molar-refractivity contribution in [3.63, 3.8) is 0 Å². The van der Waals surface area contributed by atoms with Crippen LogP contribution >= 0.6 is 0 Å². The van der Waals surface area contributed by atoms with Gasteiger partial charge in [-0.2, -0.15) is 0 Å². The molecule has 0 saturated heterocycles. The van der Waals surface area contributed by atoms with E-state index in [0.29, 0.717) is 0 Å². The maximum atomic E-state index is 3.57. The van der Waals surface area contributed by atoms with Gasteiger partial charge in [0.05, 0.1) is 0 Å². The number of hydrogen-bond acceptors (Lipinski definition) is 0. The van der Waals surface area contributed by atoms with Gasteiger partial charge in [0.2, 0.25) is 0 Å². The summed E-state index contributed by atoms with van der Waals surface area (Å²) in [4.78, 5) is 0. The first kappa shape index (κ1) is 8.02. The Balaban J connectivity index is 3.88. The van der Waals surface area contributed by atoms with E-state index < -0.39 is 0 Å². The molecule has 9 heavy (non-hydrogen) atoms. The summed E-state index contributed by atoms with van der Waals surface area (Å²) in [5.41, 5.74) is 1.19. The van der Waals surface area contributed by atoms with Crippen LogP contribution in [-0.2, 0) is 0 Å². The Hall–Kier alpha value is -0.975. The first-order valence-electron chi connectivity index (χ1n) is 2.89. The van der Waals surface area contributed by atoms with Gasteiger partial charge in [-0.15, -0.1) is 0 Å². The summed E-state index contributed by atoms with van der Waals surface area (Å²) in [6, 6.07) is 0. The van der Waals surface area contributed by atoms with Crippen LogP contribution in [0, 0.1) is 0 Å². The summed E-state index contributed by atoms with van der Waals surface area (Å²) in [7, 11) is 2.02. The van der Waals surface area contributed by atoms with Crippen LogP contribution in [0.4, 0.5) is 0 Å². The highest BCUT2D eigenvalue weighted by atomic mass is 13.7. The van der Waals surface area contributed by atoms with Crippen molar-refractivity contribution >= 4 is 7.85 Å². The lowest BCUT2D eigenvalue weighted by Gasteiger charge is -1.83. The molecule has 0 N–H and O–H groups in total. The van der Waals surface area contributed by atoms with Crippen LogP contribution in [0.15, 0.2) is 49.0 Å². The van der Waals surface area contributed by atoms with Gasteiger partial charge in [-0.25, -0.2) is 0 Å². The second-order valence-electron chi connectivity index (χ2n) is 1.74. The molecule has 0 aliphatic heterocycles. The van der Waals surface area contributed by atoms with Crippen LogP contribution in [-0.4, -0.2) is 7.85 Å². The predicted octanol–water partition coefficient (Wildman–Crippen LogP) is 1.43. The fourth-order valence-electron chi connectivity index (χ4n) is 0.461. The van der Waals surface area contributed by atoms with Crippen LogP contribution in [0.2, 0.25) is 0 Å². The molecule has 0 amide bonds. The Morgan fingerprint density at radius 3 is 2.33 bits per heavy atom. The Kier molecular flexibility index (Phi) is 4.61. The fourth-order valence-corrected chi connectivity index (χ4v) is 0.461. The molecular weight excluding hydrogens is 107 g/mol. The van der Waals surface area contributed by atoms with Gasteiger partial charge < -0.3 is 0 Å². The highest BCUT2D eigenvalue weighted by Crippen LogP contribution is 1.89. The lowest BCUT2D eigenvalue weighted by molar-refractivity contribution is 1.85. The van der Waals surface area contributed by atoms with Gasteiger partial charge in [0.25, 0.3) is 0 Å². The van der Waals surface area contributed by atoms with Crippen LogP contribution < -0.4 is 0 Å². The molecule has 0 radical (unpaired) electrons. The molecule has 0 spiro atoms. The standard InChI is InChI=1S/C8H11B/c1-3-5-7-8(9)6-4-2/h3-7H,1-2,9H2/b7-5-,8-6+. The molecule has 0 unspecified atom stereocenters. The van der Waals surface area contributed by atoms with E-state index in [9.17, 15) is 0 Å². The maximum absolute atomic E-state index is 3.57. The smallest absolute Gasteiger partial charge is 0.0991 e. The monoisotopic (exact) mass is 118 g/mol. The SMILES string of the molecule is BC(/C=C\C=C)=C/C=C. The average molecular weight is 118 g/mol. The van der Waals surface area contributed by atoms with Gasteiger partial charge >= 0.3 is 0 Å². The summed E-state index contributed by atoms with van der Waals surface area (Å²) in [5, 5.41) is 0. The quantitative estimate of drug-likeness (QED) is 0.388. The molecule has 0 aromatic rings. The molecular formula is C8H11B. The molecule has 0 saturated carbocycles. The lowest BCUT2D eigenvalue weighted by atomic mass is 9.95. The topological polar surface area (TPSA) is 0 Å². The van der Waals surface area contributed by atoms with Gasteiger partial charge in [-0.05, 0) is 0 Å². The molecule has 0 aromatic carbocycles. The van der Waals surface area contributed by atoms with Crippen molar-refractivity contribution in [2.75, 3.05) is 0 Å². The van der Waals surface area contributed by atoms with Crippen molar-refractivity contribution < 1.29 is 0 Å². The first-order chi connectivity index (χ1) is 4.31. The van der Waals surface area contributed by atoms with E-state index in [1.54, 1.807) is 12.2 Å². The van der Waals surface area contributed by atoms with E-state index in [1.807, 2.05) is 26.1 Å². The zero-order chi connectivity index (χ0) is 7.11. The highest BCUT2D eigenvalue weighted by Gasteiger charge is 1.73. The molecule has 0 nitrogen and oxygen atoms in total.